The van der Waals surface area contributed by atoms with Crippen LogP contribution in [-0.4, -0.2) is 35.0 Å². The van der Waals surface area contributed by atoms with Crippen molar-refractivity contribution in [3.63, 3.8) is 0 Å². The number of aliphatic carboxylic acids is 1. The number of carboxylic acids is 1. The van der Waals surface area contributed by atoms with E-state index in [1.165, 1.54) is 18.2 Å². The van der Waals surface area contributed by atoms with Gasteiger partial charge < -0.3 is 15.7 Å². The molecule has 0 spiro atoms. The van der Waals surface area contributed by atoms with Crippen molar-refractivity contribution in [3.8, 4) is 0 Å². The Hall–Kier alpha value is -2.64. The van der Waals surface area contributed by atoms with E-state index in [1.54, 1.807) is 6.07 Å². The normalized spacial score (nSPS) is 11.5. The molecule has 1 unspecified atom stereocenters. The topological polar surface area (TPSA) is 122 Å². The first-order chi connectivity index (χ1) is 10.5. The second-order valence-electron chi connectivity index (χ2n) is 4.76. The van der Waals surface area contributed by atoms with Crippen LogP contribution in [0.4, 0.5) is 11.4 Å². The molecule has 1 rings (SSSR count). The van der Waals surface area contributed by atoms with Gasteiger partial charge >= 0.3 is 5.97 Å². The van der Waals surface area contributed by atoms with Crippen LogP contribution in [0.25, 0.3) is 0 Å². The molecule has 0 saturated heterocycles. The smallest absolute Gasteiger partial charge is 0.308 e. The highest BCUT2D eigenvalue weighted by Gasteiger charge is 2.17. The summed E-state index contributed by atoms with van der Waals surface area (Å²) in [6, 6.07) is 5.99. The van der Waals surface area contributed by atoms with Gasteiger partial charge in [0.05, 0.1) is 17.4 Å². The van der Waals surface area contributed by atoms with Crippen molar-refractivity contribution in [2.24, 2.45) is 5.92 Å². The van der Waals surface area contributed by atoms with Gasteiger partial charge in [0.15, 0.2) is 0 Å². The second-order valence-corrected chi connectivity index (χ2v) is 4.76. The molecule has 0 aliphatic carbocycles. The monoisotopic (exact) mass is 309 g/mol. The second kappa shape index (κ2) is 8.60. The lowest BCUT2D eigenvalue weighted by molar-refractivity contribution is -0.383. The number of hydrogen-bond donors (Lipinski definition) is 3. The Labute approximate surface area is 127 Å². The van der Waals surface area contributed by atoms with Gasteiger partial charge in [-0.25, -0.2) is 0 Å². The van der Waals surface area contributed by atoms with E-state index >= 15 is 0 Å². The molecular weight excluding hydrogens is 290 g/mol. The van der Waals surface area contributed by atoms with Gasteiger partial charge in [0.1, 0.15) is 5.69 Å². The number of para-hydroxylation sites is 2. The maximum atomic E-state index is 11.7. The SMILES string of the molecule is CCCC(CNC(=O)CNc1ccccc1[N+](=O)[O-])C(=O)O. The molecule has 1 atom stereocenters. The summed E-state index contributed by atoms with van der Waals surface area (Å²) in [5.41, 5.74) is 0.121. The zero-order chi connectivity index (χ0) is 16.5. The maximum absolute atomic E-state index is 11.7. The van der Waals surface area contributed by atoms with Crippen LogP contribution in [0, 0.1) is 16.0 Å². The van der Waals surface area contributed by atoms with Crippen LogP contribution in [0.2, 0.25) is 0 Å². The van der Waals surface area contributed by atoms with Crippen LogP contribution in [0.5, 0.6) is 0 Å². The number of anilines is 1. The van der Waals surface area contributed by atoms with E-state index in [2.05, 4.69) is 10.6 Å². The summed E-state index contributed by atoms with van der Waals surface area (Å²) >= 11 is 0. The third kappa shape index (κ3) is 5.39. The number of benzene rings is 1. The quantitative estimate of drug-likeness (QED) is 0.471. The molecule has 0 bridgehead atoms. The lowest BCUT2D eigenvalue weighted by atomic mass is 10.0. The predicted octanol–water partition coefficient (Wildman–Crippen LogP) is 1.62. The third-order valence-electron chi connectivity index (χ3n) is 3.07. The highest BCUT2D eigenvalue weighted by Crippen LogP contribution is 2.22. The number of nitrogens with one attached hydrogen (secondary N) is 2. The number of carboxylic acid groups (broad SMARTS) is 1. The highest BCUT2D eigenvalue weighted by molar-refractivity contribution is 5.82. The average Bonchev–Trinajstić information content (AvgIpc) is 2.49. The first-order valence-electron chi connectivity index (χ1n) is 6.92. The van der Waals surface area contributed by atoms with Gasteiger partial charge in [-0.05, 0) is 12.5 Å². The highest BCUT2D eigenvalue weighted by atomic mass is 16.6. The molecule has 0 fully saturated rings. The Morgan fingerprint density at radius 3 is 2.64 bits per heavy atom. The van der Waals surface area contributed by atoms with Gasteiger partial charge in [0.2, 0.25) is 5.91 Å². The van der Waals surface area contributed by atoms with Crippen molar-refractivity contribution in [2.75, 3.05) is 18.4 Å². The van der Waals surface area contributed by atoms with Crippen molar-refractivity contribution in [3.05, 3.63) is 34.4 Å². The number of rotatable bonds is 9. The van der Waals surface area contributed by atoms with Gasteiger partial charge in [-0.1, -0.05) is 25.5 Å². The first kappa shape index (κ1) is 17.4. The summed E-state index contributed by atoms with van der Waals surface area (Å²) < 4.78 is 0. The Bertz CT molecular complexity index is 547. The van der Waals surface area contributed by atoms with Gasteiger partial charge in [0.25, 0.3) is 5.69 Å². The number of carbonyl (C=O) groups excluding carboxylic acids is 1. The first-order valence-corrected chi connectivity index (χ1v) is 6.92. The molecule has 0 heterocycles. The Morgan fingerprint density at radius 1 is 1.36 bits per heavy atom. The van der Waals surface area contributed by atoms with Gasteiger partial charge in [-0.2, -0.15) is 0 Å². The number of nitrogens with zero attached hydrogens (tertiary/aromatic N) is 1. The summed E-state index contributed by atoms with van der Waals surface area (Å²) in [6.45, 7) is 1.75. The number of nitro groups is 1. The Morgan fingerprint density at radius 2 is 2.05 bits per heavy atom. The molecule has 0 radical (unpaired) electrons. The van der Waals surface area contributed by atoms with Crippen LogP contribution >= 0.6 is 0 Å². The van der Waals surface area contributed by atoms with Crippen molar-refractivity contribution in [2.45, 2.75) is 19.8 Å². The molecule has 8 nitrogen and oxygen atoms in total. The van der Waals surface area contributed by atoms with Gasteiger partial charge in [-0.3, -0.25) is 19.7 Å². The Kier molecular flexibility index (Phi) is 6.81. The van der Waals surface area contributed by atoms with Crippen LogP contribution in [0.3, 0.4) is 0 Å². The molecule has 0 aromatic heterocycles. The van der Waals surface area contributed by atoms with Crippen molar-refractivity contribution < 1.29 is 19.6 Å². The minimum Gasteiger partial charge on any atom is -0.481 e. The van der Waals surface area contributed by atoms with Gasteiger partial charge in [-0.15, -0.1) is 0 Å². The lowest BCUT2D eigenvalue weighted by Gasteiger charge is -2.13. The fourth-order valence-corrected chi connectivity index (χ4v) is 1.92. The molecular formula is C14H19N3O5. The maximum Gasteiger partial charge on any atom is 0.308 e. The molecule has 8 heteroatoms. The van der Waals surface area contributed by atoms with E-state index in [1.807, 2.05) is 6.92 Å². The van der Waals surface area contributed by atoms with E-state index in [0.29, 0.717) is 12.8 Å². The summed E-state index contributed by atoms with van der Waals surface area (Å²) in [6.07, 6.45) is 1.19. The van der Waals surface area contributed by atoms with Crippen molar-refractivity contribution in [1.29, 1.82) is 0 Å². The molecule has 3 N–H and O–H groups in total. The van der Waals surface area contributed by atoms with Crippen LogP contribution in [0.1, 0.15) is 19.8 Å². The lowest BCUT2D eigenvalue weighted by Crippen LogP contribution is -2.36. The molecule has 22 heavy (non-hydrogen) atoms. The summed E-state index contributed by atoms with van der Waals surface area (Å²) in [7, 11) is 0. The van der Waals surface area contributed by atoms with Crippen LogP contribution < -0.4 is 10.6 Å². The number of hydrogen-bond acceptors (Lipinski definition) is 5. The molecule has 1 amide bonds. The van der Waals surface area contributed by atoms with Crippen molar-refractivity contribution >= 4 is 23.3 Å². The van der Waals surface area contributed by atoms with Crippen LogP contribution in [-0.2, 0) is 9.59 Å². The van der Waals surface area contributed by atoms with E-state index < -0.39 is 22.7 Å². The van der Waals surface area contributed by atoms with E-state index in [0.717, 1.165) is 0 Å². The summed E-state index contributed by atoms with van der Waals surface area (Å²) in [4.78, 5) is 32.9. The minimum atomic E-state index is -0.950. The fourth-order valence-electron chi connectivity index (χ4n) is 1.92. The molecule has 0 aliphatic heterocycles. The summed E-state index contributed by atoms with van der Waals surface area (Å²) in [5.74, 6) is -1.99. The van der Waals surface area contributed by atoms with E-state index in [-0.39, 0.29) is 24.5 Å². The van der Waals surface area contributed by atoms with E-state index in [4.69, 9.17) is 5.11 Å². The molecule has 1 aromatic carbocycles. The third-order valence-corrected chi connectivity index (χ3v) is 3.07. The molecule has 1 aromatic rings. The largest absolute Gasteiger partial charge is 0.481 e. The van der Waals surface area contributed by atoms with Crippen molar-refractivity contribution in [1.82, 2.24) is 5.32 Å². The predicted molar refractivity (Wildman–Crippen MR) is 80.6 cm³/mol. The number of carbonyl (C=O) groups is 2. The fraction of sp³-hybridized carbons (Fsp3) is 0.429. The van der Waals surface area contributed by atoms with E-state index in [9.17, 15) is 19.7 Å². The minimum absolute atomic E-state index is 0.0422. The molecule has 0 saturated carbocycles. The summed E-state index contributed by atoms with van der Waals surface area (Å²) in [5, 5.41) is 25.0. The number of nitro benzene ring substituents is 1. The molecule has 120 valence electrons. The van der Waals surface area contributed by atoms with Gasteiger partial charge in [0, 0.05) is 12.6 Å². The Balaban J connectivity index is 2.50. The average molecular weight is 309 g/mol. The number of amides is 1. The zero-order valence-corrected chi connectivity index (χ0v) is 12.2. The molecule has 0 aliphatic rings. The standard InChI is InChI=1S/C14H19N3O5/c1-2-5-10(14(19)20)8-16-13(18)9-15-11-6-3-4-7-12(11)17(21)22/h3-4,6-7,10,15H,2,5,8-9H2,1H3,(H,16,18)(H,19,20). The van der Waals surface area contributed by atoms with Crippen LogP contribution in [0.15, 0.2) is 24.3 Å². The zero-order valence-electron chi connectivity index (χ0n) is 12.2.